The number of hydrogen-bond acceptors (Lipinski definition) is 3. The van der Waals surface area contributed by atoms with E-state index in [0.717, 1.165) is 6.42 Å². The highest BCUT2D eigenvalue weighted by Gasteiger charge is 2.29. The fraction of sp³-hybridized carbons (Fsp3) is 0.579. The van der Waals surface area contributed by atoms with Gasteiger partial charge in [-0.2, -0.15) is 0 Å². The van der Waals surface area contributed by atoms with Gasteiger partial charge >= 0.3 is 0 Å². The highest BCUT2D eigenvalue weighted by Crippen LogP contribution is 2.26. The summed E-state index contributed by atoms with van der Waals surface area (Å²) in [6.07, 6.45) is 0.776. The van der Waals surface area contributed by atoms with Crippen LogP contribution in [0.1, 0.15) is 44.5 Å². The second-order valence-electron chi connectivity index (χ2n) is 7.27. The number of rotatable bonds is 3. The molecule has 138 valence electrons. The molecular formula is C19H27ClN2O3. The highest BCUT2D eigenvalue weighted by molar-refractivity contribution is 6.32. The molecule has 1 aromatic rings. The van der Waals surface area contributed by atoms with Gasteiger partial charge in [-0.1, -0.05) is 32.4 Å². The van der Waals surface area contributed by atoms with Gasteiger partial charge in [0.2, 0.25) is 5.91 Å². The molecule has 0 radical (unpaired) electrons. The number of halogens is 1. The third kappa shape index (κ3) is 4.88. The van der Waals surface area contributed by atoms with E-state index in [1.165, 1.54) is 0 Å². The quantitative estimate of drug-likeness (QED) is 0.823. The zero-order chi connectivity index (χ0) is 18.6. The molecule has 0 saturated carbocycles. The molecule has 1 aliphatic heterocycles. The van der Waals surface area contributed by atoms with E-state index in [0.29, 0.717) is 49.1 Å². The lowest BCUT2D eigenvalue weighted by molar-refractivity contribution is -0.139. The van der Waals surface area contributed by atoms with Crippen LogP contribution in [-0.2, 0) is 4.79 Å². The third-order valence-corrected chi connectivity index (χ3v) is 4.49. The lowest BCUT2D eigenvalue weighted by atomic mass is 9.94. The van der Waals surface area contributed by atoms with E-state index in [-0.39, 0.29) is 11.8 Å². The molecule has 2 amide bonds. The Morgan fingerprint density at radius 1 is 1.12 bits per heavy atom. The molecule has 1 aliphatic rings. The summed E-state index contributed by atoms with van der Waals surface area (Å²) in [7, 11) is 0. The third-order valence-electron chi connectivity index (χ3n) is 4.19. The molecule has 1 aromatic carbocycles. The Morgan fingerprint density at radius 2 is 1.76 bits per heavy atom. The first-order chi connectivity index (χ1) is 11.7. The molecule has 0 bridgehead atoms. The van der Waals surface area contributed by atoms with E-state index in [9.17, 15) is 9.59 Å². The fourth-order valence-electron chi connectivity index (χ4n) is 2.89. The van der Waals surface area contributed by atoms with Crippen LogP contribution < -0.4 is 4.74 Å². The normalized spacial score (nSPS) is 15.7. The van der Waals surface area contributed by atoms with Crippen molar-refractivity contribution in [1.29, 1.82) is 0 Å². The van der Waals surface area contributed by atoms with Crippen LogP contribution in [0.2, 0.25) is 5.02 Å². The monoisotopic (exact) mass is 366 g/mol. The first kappa shape index (κ1) is 19.6. The summed E-state index contributed by atoms with van der Waals surface area (Å²) in [6, 6.07) is 5.12. The van der Waals surface area contributed by atoms with Crippen LogP contribution >= 0.6 is 11.6 Å². The van der Waals surface area contributed by atoms with Crippen LogP contribution in [0.25, 0.3) is 0 Å². The van der Waals surface area contributed by atoms with Crippen molar-refractivity contribution < 1.29 is 14.3 Å². The van der Waals surface area contributed by atoms with Crippen molar-refractivity contribution in [3.63, 3.8) is 0 Å². The summed E-state index contributed by atoms with van der Waals surface area (Å²) in [6.45, 7) is 10.6. The SMILES string of the molecule is CCOc1ccc(C(=O)N2CCCN(C(=O)C(C)(C)C)CC2)cc1Cl. The zero-order valence-corrected chi connectivity index (χ0v) is 16.2. The molecular weight excluding hydrogens is 340 g/mol. The van der Waals surface area contributed by atoms with Crippen LogP contribution in [0, 0.1) is 5.41 Å². The van der Waals surface area contributed by atoms with Crippen molar-refractivity contribution in [3.05, 3.63) is 28.8 Å². The lowest BCUT2D eigenvalue weighted by Gasteiger charge is -2.28. The van der Waals surface area contributed by atoms with E-state index >= 15 is 0 Å². The topological polar surface area (TPSA) is 49.9 Å². The molecule has 6 heteroatoms. The maximum atomic E-state index is 12.8. The summed E-state index contributed by atoms with van der Waals surface area (Å²) in [5, 5.41) is 0.437. The molecule has 0 N–H and O–H groups in total. The van der Waals surface area contributed by atoms with Gasteiger partial charge in [-0.3, -0.25) is 9.59 Å². The predicted octanol–water partition coefficient (Wildman–Crippen LogP) is 3.46. The number of amides is 2. The van der Waals surface area contributed by atoms with E-state index < -0.39 is 5.41 Å². The maximum Gasteiger partial charge on any atom is 0.253 e. The average molecular weight is 367 g/mol. The number of carbonyl (C=O) groups is 2. The van der Waals surface area contributed by atoms with Crippen molar-refractivity contribution in [2.45, 2.75) is 34.1 Å². The Bertz CT molecular complexity index is 640. The minimum atomic E-state index is -0.401. The Hall–Kier alpha value is -1.75. The smallest absolute Gasteiger partial charge is 0.253 e. The number of benzene rings is 1. The Labute approximate surface area is 154 Å². The molecule has 25 heavy (non-hydrogen) atoms. The Morgan fingerprint density at radius 3 is 2.36 bits per heavy atom. The molecule has 0 unspecified atom stereocenters. The van der Waals surface area contributed by atoms with Gasteiger partial charge in [0.05, 0.1) is 11.6 Å². The molecule has 2 rings (SSSR count). The molecule has 1 saturated heterocycles. The van der Waals surface area contributed by atoms with Crippen molar-refractivity contribution in [3.8, 4) is 5.75 Å². The van der Waals surface area contributed by atoms with Crippen LogP contribution in [0.15, 0.2) is 18.2 Å². The highest BCUT2D eigenvalue weighted by atomic mass is 35.5. The number of hydrogen-bond donors (Lipinski definition) is 0. The summed E-state index contributed by atoms with van der Waals surface area (Å²) in [5.41, 5.74) is 0.144. The molecule has 0 atom stereocenters. The summed E-state index contributed by atoms with van der Waals surface area (Å²) in [5.74, 6) is 0.652. The first-order valence-electron chi connectivity index (χ1n) is 8.75. The minimum Gasteiger partial charge on any atom is -0.492 e. The van der Waals surface area contributed by atoms with Crippen LogP contribution in [0.3, 0.4) is 0 Å². The molecule has 5 nitrogen and oxygen atoms in total. The Balaban J connectivity index is 2.06. The second kappa shape index (κ2) is 8.09. The Kier molecular flexibility index (Phi) is 6.33. The van der Waals surface area contributed by atoms with Crippen LogP contribution in [0.4, 0.5) is 0 Å². The van der Waals surface area contributed by atoms with Gasteiger partial charge < -0.3 is 14.5 Å². The number of ether oxygens (including phenoxy) is 1. The summed E-state index contributed by atoms with van der Waals surface area (Å²) < 4.78 is 5.41. The molecule has 1 fully saturated rings. The van der Waals surface area contributed by atoms with Crippen molar-refractivity contribution >= 4 is 23.4 Å². The van der Waals surface area contributed by atoms with Crippen LogP contribution in [0.5, 0.6) is 5.75 Å². The van der Waals surface area contributed by atoms with Gasteiger partial charge in [-0.15, -0.1) is 0 Å². The largest absolute Gasteiger partial charge is 0.492 e. The van der Waals surface area contributed by atoms with E-state index in [4.69, 9.17) is 16.3 Å². The maximum absolute atomic E-state index is 12.8. The van der Waals surface area contributed by atoms with Crippen LogP contribution in [-0.4, -0.2) is 54.4 Å². The average Bonchev–Trinajstić information content (AvgIpc) is 2.80. The van der Waals surface area contributed by atoms with E-state index in [1.54, 1.807) is 23.1 Å². The van der Waals surface area contributed by atoms with Gasteiger partial charge in [0.15, 0.2) is 0 Å². The van der Waals surface area contributed by atoms with Gasteiger partial charge in [0.25, 0.3) is 5.91 Å². The first-order valence-corrected chi connectivity index (χ1v) is 9.13. The molecule has 0 spiro atoms. The molecule has 0 aliphatic carbocycles. The fourth-order valence-corrected chi connectivity index (χ4v) is 3.12. The zero-order valence-electron chi connectivity index (χ0n) is 15.5. The molecule has 1 heterocycles. The lowest BCUT2D eigenvalue weighted by Crippen LogP contribution is -2.42. The van der Waals surface area contributed by atoms with Gasteiger partial charge in [0.1, 0.15) is 5.75 Å². The van der Waals surface area contributed by atoms with Gasteiger partial charge in [-0.05, 0) is 31.5 Å². The number of nitrogens with zero attached hydrogens (tertiary/aromatic N) is 2. The van der Waals surface area contributed by atoms with Crippen molar-refractivity contribution in [1.82, 2.24) is 9.80 Å². The molecule has 0 aromatic heterocycles. The summed E-state index contributed by atoms with van der Waals surface area (Å²) in [4.78, 5) is 28.9. The second-order valence-corrected chi connectivity index (χ2v) is 7.67. The number of carbonyl (C=O) groups excluding carboxylic acids is 2. The predicted molar refractivity (Wildman–Crippen MR) is 99.2 cm³/mol. The summed E-state index contributed by atoms with van der Waals surface area (Å²) >= 11 is 6.19. The van der Waals surface area contributed by atoms with Crippen molar-refractivity contribution in [2.24, 2.45) is 5.41 Å². The van der Waals surface area contributed by atoms with E-state index in [1.807, 2.05) is 32.6 Å². The standard InChI is InChI=1S/C19H27ClN2O3/c1-5-25-16-8-7-14(13-15(16)20)17(23)21-9-6-10-22(12-11-21)18(24)19(2,3)4/h7-8,13H,5-6,9-12H2,1-4H3. The van der Waals surface area contributed by atoms with Gasteiger partial charge in [-0.25, -0.2) is 0 Å². The van der Waals surface area contributed by atoms with E-state index in [2.05, 4.69) is 0 Å². The minimum absolute atomic E-state index is 0.0602. The van der Waals surface area contributed by atoms with Gasteiger partial charge in [0, 0.05) is 37.2 Å². The van der Waals surface area contributed by atoms with Crippen molar-refractivity contribution in [2.75, 3.05) is 32.8 Å².